The van der Waals surface area contributed by atoms with Crippen molar-refractivity contribution >= 4 is 69.1 Å². The SMILES string of the molecule is CCCC(C)CCCCCCCCCCCCCCC(=O)SCCNC(=O)CCNC(=O)C(O)C(C)(C)COP(=O)(O)OP(=O)(O)OCC1OC(n2cnc3c(N)ncnc32)C(O)C1OP(=O)(O)O. The Hall–Kier alpha value is -2.44. The van der Waals surface area contributed by atoms with Gasteiger partial charge in [0.05, 0.1) is 19.5 Å². The van der Waals surface area contributed by atoms with Gasteiger partial charge in [-0.05, 0) is 12.3 Å². The number of aliphatic hydroxyl groups is 2. The number of rotatable bonds is 36. The number of carbonyl (C=O) groups is 3. The van der Waals surface area contributed by atoms with Crippen LogP contribution in [0.1, 0.15) is 143 Å². The largest absolute Gasteiger partial charge is 0.481 e. The molecule has 1 aliphatic heterocycles. The van der Waals surface area contributed by atoms with Crippen LogP contribution in [0.3, 0.4) is 0 Å². The second kappa shape index (κ2) is 29.9. The second-order valence-electron chi connectivity index (χ2n) is 18.0. The summed E-state index contributed by atoms with van der Waals surface area (Å²) in [5.74, 6) is -0.156. The number of anilines is 1. The number of nitrogens with two attached hydrogens (primary N) is 1. The minimum atomic E-state index is -5.58. The number of thioether (sulfide) groups is 1. The van der Waals surface area contributed by atoms with E-state index >= 15 is 0 Å². The van der Waals surface area contributed by atoms with Crippen molar-refractivity contribution in [3.05, 3.63) is 12.7 Å². The van der Waals surface area contributed by atoms with Gasteiger partial charge in [-0.1, -0.05) is 129 Å². The third-order valence-corrected chi connectivity index (χ3v) is 15.4. The van der Waals surface area contributed by atoms with E-state index in [-0.39, 0.29) is 41.6 Å². The first-order chi connectivity index (χ1) is 32.4. The number of hydrogen-bond acceptors (Lipinski definition) is 18. The monoisotopic (exact) mass is 1060 g/mol. The van der Waals surface area contributed by atoms with Crippen molar-refractivity contribution in [1.29, 1.82) is 0 Å². The highest BCUT2D eigenvalue weighted by atomic mass is 32.2. The van der Waals surface area contributed by atoms with E-state index in [1.54, 1.807) is 0 Å². The Balaban J connectivity index is 1.27. The Bertz CT molecular complexity index is 2050. The summed E-state index contributed by atoms with van der Waals surface area (Å²) in [4.78, 5) is 88.5. The van der Waals surface area contributed by atoms with E-state index in [2.05, 4.69) is 48.3 Å². The van der Waals surface area contributed by atoms with Gasteiger partial charge < -0.3 is 50.9 Å². The van der Waals surface area contributed by atoms with Crippen LogP contribution in [0.15, 0.2) is 12.7 Å². The number of phosphoric acid groups is 3. The van der Waals surface area contributed by atoms with Crippen LogP contribution >= 0.6 is 35.2 Å². The molecule has 0 spiro atoms. The highest BCUT2D eigenvalue weighted by molar-refractivity contribution is 8.13. The number of nitrogens with zero attached hydrogens (tertiary/aromatic N) is 4. The predicted molar refractivity (Wildman–Crippen MR) is 256 cm³/mol. The summed E-state index contributed by atoms with van der Waals surface area (Å²) in [5, 5.41) is 26.7. The molecular weight excluding hydrogens is 987 g/mol. The number of imidazole rings is 1. The molecule has 24 nitrogen and oxygen atoms in total. The smallest absolute Gasteiger partial charge is 0.386 e. The fraction of sp³-hybridized carbons (Fsp3) is 0.805. The first-order valence-corrected chi connectivity index (χ1v) is 29.0. The molecule has 10 N–H and O–H groups in total. The van der Waals surface area contributed by atoms with Crippen molar-refractivity contribution in [1.82, 2.24) is 30.2 Å². The van der Waals surface area contributed by atoms with E-state index in [4.69, 9.17) is 19.5 Å². The van der Waals surface area contributed by atoms with Gasteiger partial charge in [-0.25, -0.2) is 28.6 Å². The number of unbranched alkanes of at least 4 members (excludes halogenated alkanes) is 11. The van der Waals surface area contributed by atoms with Gasteiger partial charge in [0.15, 0.2) is 22.8 Å². The number of hydrogen-bond donors (Lipinski definition) is 9. The van der Waals surface area contributed by atoms with E-state index in [1.807, 2.05) is 0 Å². The molecule has 1 fully saturated rings. The van der Waals surface area contributed by atoms with E-state index in [0.717, 1.165) is 54.2 Å². The number of amides is 2. The zero-order chi connectivity index (χ0) is 51.3. The van der Waals surface area contributed by atoms with Crippen molar-refractivity contribution in [2.75, 3.05) is 37.8 Å². The highest BCUT2D eigenvalue weighted by Crippen LogP contribution is 2.61. The lowest BCUT2D eigenvalue weighted by Gasteiger charge is -2.30. The molecule has 1 aliphatic rings. The van der Waals surface area contributed by atoms with Gasteiger partial charge >= 0.3 is 23.5 Å². The second-order valence-corrected chi connectivity index (χ2v) is 23.4. The van der Waals surface area contributed by atoms with Crippen molar-refractivity contribution in [3.8, 4) is 0 Å². The summed E-state index contributed by atoms with van der Waals surface area (Å²) < 4.78 is 62.5. The molecule has 69 heavy (non-hydrogen) atoms. The maximum atomic E-state index is 12.7. The average Bonchev–Trinajstić information content (AvgIpc) is 3.83. The fourth-order valence-electron chi connectivity index (χ4n) is 7.53. The molecule has 1 saturated heterocycles. The molecule has 28 heteroatoms. The number of aromatic nitrogens is 4. The quantitative estimate of drug-likeness (QED) is 0.0298. The first kappa shape index (κ1) is 60.9. The Morgan fingerprint density at radius 3 is 2.10 bits per heavy atom. The van der Waals surface area contributed by atoms with E-state index in [1.165, 1.54) is 90.9 Å². The molecule has 396 valence electrons. The van der Waals surface area contributed by atoms with Crippen molar-refractivity contribution in [2.24, 2.45) is 11.3 Å². The Morgan fingerprint density at radius 1 is 0.870 bits per heavy atom. The number of ether oxygens (including phenoxy) is 1. The Kier molecular flexibility index (Phi) is 26.4. The number of nitrogens with one attached hydrogen (secondary N) is 2. The first-order valence-electron chi connectivity index (χ1n) is 23.5. The predicted octanol–water partition coefficient (Wildman–Crippen LogP) is 5.56. The van der Waals surface area contributed by atoms with Gasteiger partial charge in [0, 0.05) is 37.1 Å². The lowest BCUT2D eigenvalue weighted by molar-refractivity contribution is -0.137. The van der Waals surface area contributed by atoms with Gasteiger partial charge in [0.2, 0.25) is 11.8 Å². The molecule has 2 amide bonds. The Morgan fingerprint density at radius 2 is 1.48 bits per heavy atom. The van der Waals surface area contributed by atoms with Gasteiger partial charge in [-0.3, -0.25) is 32.5 Å². The molecule has 0 saturated carbocycles. The average molecular weight is 1060 g/mol. The third-order valence-electron chi connectivity index (χ3n) is 11.4. The van der Waals surface area contributed by atoms with Crippen LogP contribution in [-0.4, -0.2) is 123 Å². The van der Waals surface area contributed by atoms with Crippen LogP contribution in [0, 0.1) is 11.3 Å². The van der Waals surface area contributed by atoms with Crippen molar-refractivity contribution < 1.29 is 80.5 Å². The molecule has 0 radical (unpaired) electrons. The molecule has 0 bridgehead atoms. The van der Waals surface area contributed by atoms with Gasteiger partial charge in [0.1, 0.15) is 36.3 Å². The normalized spacial score (nSPS) is 20.3. The van der Waals surface area contributed by atoms with E-state index < -0.39 is 84.6 Å². The molecule has 3 heterocycles. The van der Waals surface area contributed by atoms with Crippen molar-refractivity contribution in [2.45, 2.75) is 167 Å². The molecule has 8 unspecified atom stereocenters. The number of phosphoric ester groups is 3. The third kappa shape index (κ3) is 22.9. The van der Waals surface area contributed by atoms with Crippen LogP contribution in [0.25, 0.3) is 11.2 Å². The molecule has 2 aromatic heterocycles. The van der Waals surface area contributed by atoms with Crippen LogP contribution in [0.4, 0.5) is 5.82 Å². The van der Waals surface area contributed by atoms with Gasteiger partial charge in [-0.15, -0.1) is 0 Å². The molecule has 8 atom stereocenters. The zero-order valence-electron chi connectivity index (χ0n) is 40.0. The summed E-state index contributed by atoms with van der Waals surface area (Å²) in [6, 6.07) is 0. The Labute approximate surface area is 407 Å². The molecule has 2 aromatic rings. The van der Waals surface area contributed by atoms with Gasteiger partial charge in [0.25, 0.3) is 0 Å². The lowest BCUT2D eigenvalue weighted by Crippen LogP contribution is -2.46. The molecular formula is C41H74N7O17P3S. The maximum absolute atomic E-state index is 12.7. The number of carbonyl (C=O) groups excluding carboxylic acids is 3. The number of nitrogen functional groups attached to an aromatic ring is 1. The summed E-state index contributed by atoms with van der Waals surface area (Å²) in [7, 11) is -16.4. The van der Waals surface area contributed by atoms with E-state index in [0.29, 0.717) is 12.2 Å². The lowest BCUT2D eigenvalue weighted by atomic mass is 9.87. The summed E-state index contributed by atoms with van der Waals surface area (Å²) in [6.07, 6.45) is 12.3. The molecule has 3 rings (SSSR count). The standard InChI is InChI=1S/C41H74N7O17P3S/c1-5-18-29(2)19-16-14-12-10-8-6-7-9-11-13-15-17-20-32(50)69-24-23-43-31(49)21-22-44-39(53)36(52)41(3,4)26-62-68(59,60)65-67(57,58)61-25-30-35(64-66(54,55)56)34(51)40(63-30)48-28-47-33-37(42)45-27-46-38(33)48/h27-30,34-36,40,51-52H,5-26H2,1-4H3,(H,43,49)(H,44,53)(H,57,58)(H,59,60)(H2,42,45,46)(H2,54,55,56). The minimum absolute atomic E-state index is 0.0340. The van der Waals surface area contributed by atoms with Crippen LogP contribution < -0.4 is 16.4 Å². The van der Waals surface area contributed by atoms with Crippen molar-refractivity contribution in [3.63, 3.8) is 0 Å². The summed E-state index contributed by atoms with van der Waals surface area (Å²) in [5.41, 5.74) is 4.29. The van der Waals surface area contributed by atoms with Crippen LogP contribution in [0.5, 0.6) is 0 Å². The minimum Gasteiger partial charge on any atom is -0.386 e. The summed E-state index contributed by atoms with van der Waals surface area (Å²) >= 11 is 1.16. The number of fused-ring (bicyclic) bond motifs is 1. The maximum Gasteiger partial charge on any atom is 0.481 e. The van der Waals surface area contributed by atoms with E-state index in [9.17, 15) is 57.9 Å². The topological polar surface area (TPSA) is 364 Å². The molecule has 0 aliphatic carbocycles. The fourth-order valence-corrected chi connectivity index (χ4v) is 11.1. The highest BCUT2D eigenvalue weighted by Gasteiger charge is 2.50. The van der Waals surface area contributed by atoms with Gasteiger partial charge in [-0.2, -0.15) is 4.31 Å². The van der Waals surface area contributed by atoms with Crippen LogP contribution in [0.2, 0.25) is 0 Å². The number of aliphatic hydroxyl groups excluding tert-OH is 2. The summed E-state index contributed by atoms with van der Waals surface area (Å²) in [6.45, 7) is 5.20. The van der Waals surface area contributed by atoms with Crippen LogP contribution in [-0.2, 0) is 50.7 Å². The molecule has 0 aromatic carbocycles. The zero-order valence-corrected chi connectivity index (χ0v) is 43.5.